The third-order valence-electron chi connectivity index (χ3n) is 6.65. The SMILES string of the molecule is O=C(Oc1c(C(=O)O)cccc1C(=O)O)c1cc(C(=O)Oc2c(C(=O)O)cccc2C(=O)O)cc(C(=O)Oc2c(C(=O)O)cccc2C(=O)O)c1. The first-order valence-electron chi connectivity index (χ1n) is 13.6. The number of carbonyl (C=O) groups is 9. The molecule has 6 N–H and O–H groups in total. The number of carboxylic acids is 6. The van der Waals surface area contributed by atoms with Gasteiger partial charge in [-0.25, -0.2) is 43.2 Å². The van der Waals surface area contributed by atoms with Crippen LogP contribution in [0.15, 0.2) is 72.8 Å². The molecule has 4 aromatic rings. The fourth-order valence-corrected chi connectivity index (χ4v) is 4.39. The molecule has 258 valence electrons. The van der Waals surface area contributed by atoms with Crippen molar-refractivity contribution in [2.75, 3.05) is 0 Å². The first-order valence-corrected chi connectivity index (χ1v) is 13.6. The van der Waals surface area contributed by atoms with Gasteiger partial charge in [-0.15, -0.1) is 0 Å². The summed E-state index contributed by atoms with van der Waals surface area (Å²) in [4.78, 5) is 111. The fourth-order valence-electron chi connectivity index (χ4n) is 4.39. The van der Waals surface area contributed by atoms with Crippen LogP contribution in [0.25, 0.3) is 0 Å². The summed E-state index contributed by atoms with van der Waals surface area (Å²) < 4.78 is 15.2. The second-order valence-electron chi connectivity index (χ2n) is 9.85. The van der Waals surface area contributed by atoms with Crippen LogP contribution in [0.5, 0.6) is 17.2 Å². The number of carbonyl (C=O) groups excluding carboxylic acids is 3. The molecular formula is C33H18O18. The number of benzene rings is 4. The third-order valence-corrected chi connectivity index (χ3v) is 6.65. The molecule has 0 atom stereocenters. The standard InChI is InChI=1S/C33H18O18/c34-25(35)16-4-1-5-17(26(36)37)22(16)49-31(46)13-10-14(32(47)50-23-18(27(38)39)6-2-7-19(23)28(40)41)12-15(11-13)33(48)51-24-20(29(42)43)8-3-9-21(24)30(44)45/h1-12H,(H,34,35)(H,36,37)(H,38,39)(H,40,41)(H,42,43)(H,44,45). The minimum Gasteiger partial charge on any atom is -0.478 e. The van der Waals surface area contributed by atoms with E-state index in [4.69, 9.17) is 14.2 Å². The molecule has 0 saturated carbocycles. The molecule has 0 aliphatic rings. The van der Waals surface area contributed by atoms with E-state index in [-0.39, 0.29) is 0 Å². The minimum atomic E-state index is -1.72. The molecule has 0 bridgehead atoms. The van der Waals surface area contributed by atoms with Gasteiger partial charge in [-0.3, -0.25) is 0 Å². The summed E-state index contributed by atoms with van der Waals surface area (Å²) in [5.41, 5.74) is -7.22. The summed E-state index contributed by atoms with van der Waals surface area (Å²) in [5, 5.41) is 57.2. The average Bonchev–Trinajstić information content (AvgIpc) is 3.07. The van der Waals surface area contributed by atoms with Crippen LogP contribution in [0.3, 0.4) is 0 Å². The minimum absolute atomic E-state index is 0.656. The summed E-state index contributed by atoms with van der Waals surface area (Å²) >= 11 is 0. The molecule has 0 fully saturated rings. The quantitative estimate of drug-likeness (QED) is 0.0908. The third kappa shape index (κ3) is 7.65. The molecule has 51 heavy (non-hydrogen) atoms. The van der Waals surface area contributed by atoms with E-state index in [0.29, 0.717) is 18.2 Å². The maximum absolute atomic E-state index is 13.4. The Hall–Kier alpha value is -7.89. The van der Waals surface area contributed by atoms with Crippen LogP contribution in [-0.2, 0) is 0 Å². The predicted molar refractivity (Wildman–Crippen MR) is 162 cm³/mol. The number of para-hydroxylation sites is 3. The lowest BCUT2D eigenvalue weighted by atomic mass is 10.0. The van der Waals surface area contributed by atoms with Gasteiger partial charge >= 0.3 is 53.7 Å². The van der Waals surface area contributed by atoms with Crippen LogP contribution >= 0.6 is 0 Å². The number of hydrogen-bond acceptors (Lipinski definition) is 12. The Morgan fingerprint density at radius 3 is 0.667 bits per heavy atom. The molecule has 0 unspecified atom stereocenters. The van der Waals surface area contributed by atoms with E-state index >= 15 is 0 Å². The first-order chi connectivity index (χ1) is 24.0. The van der Waals surface area contributed by atoms with Gasteiger partial charge in [-0.05, 0) is 54.6 Å². The Morgan fingerprint density at radius 1 is 0.333 bits per heavy atom. The molecule has 0 aliphatic heterocycles. The molecule has 0 aromatic heterocycles. The Morgan fingerprint density at radius 2 is 0.510 bits per heavy atom. The lowest BCUT2D eigenvalue weighted by Crippen LogP contribution is -2.20. The van der Waals surface area contributed by atoms with Crippen LogP contribution in [0, 0.1) is 0 Å². The number of esters is 3. The second kappa shape index (κ2) is 14.5. The van der Waals surface area contributed by atoms with Gasteiger partial charge in [-0.2, -0.15) is 0 Å². The number of carboxylic acid groups (broad SMARTS) is 6. The topological polar surface area (TPSA) is 303 Å². The van der Waals surface area contributed by atoms with Crippen LogP contribution < -0.4 is 14.2 Å². The molecule has 0 amide bonds. The Balaban J connectivity index is 1.89. The number of rotatable bonds is 12. The number of hydrogen-bond donors (Lipinski definition) is 6. The van der Waals surface area contributed by atoms with E-state index in [0.717, 1.165) is 54.6 Å². The van der Waals surface area contributed by atoms with Crippen molar-refractivity contribution in [1.82, 2.24) is 0 Å². The molecule has 4 aromatic carbocycles. The van der Waals surface area contributed by atoms with Crippen LogP contribution in [0.2, 0.25) is 0 Å². The second-order valence-corrected chi connectivity index (χ2v) is 9.85. The van der Waals surface area contributed by atoms with Crippen molar-refractivity contribution in [3.63, 3.8) is 0 Å². The molecule has 0 heterocycles. The highest BCUT2D eigenvalue weighted by Gasteiger charge is 2.29. The fraction of sp³-hybridized carbons (Fsp3) is 0. The number of aromatic carboxylic acids is 6. The van der Waals surface area contributed by atoms with Gasteiger partial charge in [-0.1, -0.05) is 18.2 Å². The zero-order chi connectivity index (χ0) is 37.7. The van der Waals surface area contributed by atoms with Crippen LogP contribution in [0.1, 0.15) is 93.2 Å². The highest BCUT2D eigenvalue weighted by atomic mass is 16.5. The largest absolute Gasteiger partial charge is 0.478 e. The van der Waals surface area contributed by atoms with Gasteiger partial charge in [0.15, 0.2) is 17.2 Å². The molecule has 0 radical (unpaired) electrons. The summed E-state index contributed by atoms with van der Waals surface area (Å²) in [6, 6.07) is 10.5. The average molecular weight is 702 g/mol. The smallest absolute Gasteiger partial charge is 0.343 e. The Bertz CT molecular complexity index is 1860. The van der Waals surface area contributed by atoms with E-state index in [1.807, 2.05) is 0 Å². The van der Waals surface area contributed by atoms with Crippen molar-refractivity contribution in [1.29, 1.82) is 0 Å². The van der Waals surface area contributed by atoms with Gasteiger partial charge in [0.2, 0.25) is 0 Å². The maximum Gasteiger partial charge on any atom is 0.343 e. The normalized spacial score (nSPS) is 10.4. The van der Waals surface area contributed by atoms with Crippen LogP contribution in [0.4, 0.5) is 0 Å². The van der Waals surface area contributed by atoms with E-state index in [1.54, 1.807) is 0 Å². The highest BCUT2D eigenvalue weighted by molar-refractivity contribution is 6.07. The molecule has 0 spiro atoms. The zero-order valence-electron chi connectivity index (χ0n) is 25.0. The van der Waals surface area contributed by atoms with Gasteiger partial charge < -0.3 is 44.8 Å². The Labute approximate surface area is 281 Å². The van der Waals surface area contributed by atoms with Crippen molar-refractivity contribution in [3.05, 3.63) is 123 Å². The Kier molecular flexibility index (Phi) is 10.2. The zero-order valence-corrected chi connectivity index (χ0v) is 25.0. The van der Waals surface area contributed by atoms with Gasteiger partial charge in [0.25, 0.3) is 0 Å². The van der Waals surface area contributed by atoms with Gasteiger partial charge in [0.05, 0.1) is 16.7 Å². The summed E-state index contributed by atoms with van der Waals surface area (Å²) in [6.07, 6.45) is 0. The molecule has 18 heteroatoms. The molecular weight excluding hydrogens is 684 g/mol. The van der Waals surface area contributed by atoms with Gasteiger partial charge in [0.1, 0.15) is 33.4 Å². The molecule has 0 aliphatic carbocycles. The van der Waals surface area contributed by atoms with E-state index in [1.165, 1.54) is 0 Å². The van der Waals surface area contributed by atoms with Crippen molar-refractivity contribution in [2.24, 2.45) is 0 Å². The highest BCUT2D eigenvalue weighted by Crippen LogP contribution is 2.30. The molecule has 4 rings (SSSR count). The summed E-state index contributed by atoms with van der Waals surface area (Å²) in [7, 11) is 0. The van der Waals surface area contributed by atoms with Crippen molar-refractivity contribution < 1.29 is 88.0 Å². The lowest BCUT2D eigenvalue weighted by molar-refractivity contribution is 0.0642. The van der Waals surface area contributed by atoms with E-state index < -0.39 is 121 Å². The van der Waals surface area contributed by atoms with Gasteiger partial charge in [0, 0.05) is 0 Å². The summed E-state index contributed by atoms with van der Waals surface area (Å²) in [6.45, 7) is 0. The van der Waals surface area contributed by atoms with Crippen molar-refractivity contribution >= 4 is 53.7 Å². The lowest BCUT2D eigenvalue weighted by Gasteiger charge is -2.14. The maximum atomic E-state index is 13.4. The molecule has 18 nitrogen and oxygen atoms in total. The van der Waals surface area contributed by atoms with Crippen molar-refractivity contribution in [2.45, 2.75) is 0 Å². The van der Waals surface area contributed by atoms with E-state index in [2.05, 4.69) is 0 Å². The number of ether oxygens (including phenoxy) is 3. The van der Waals surface area contributed by atoms with E-state index in [9.17, 15) is 73.8 Å². The van der Waals surface area contributed by atoms with Crippen molar-refractivity contribution in [3.8, 4) is 17.2 Å². The predicted octanol–water partition coefficient (Wildman–Crippen LogP) is 3.53. The first kappa shape index (κ1) is 36.0. The summed E-state index contributed by atoms with van der Waals surface area (Å²) in [5.74, 6) is -18.0. The monoisotopic (exact) mass is 702 g/mol. The van der Waals surface area contributed by atoms with Crippen LogP contribution in [-0.4, -0.2) is 84.4 Å². The molecule has 0 saturated heterocycles.